The molecule has 0 aliphatic carbocycles. The van der Waals surface area contributed by atoms with Crippen molar-refractivity contribution in [3.05, 3.63) is 30.3 Å². The van der Waals surface area contributed by atoms with Gasteiger partial charge in [0.15, 0.2) is 6.17 Å². The van der Waals surface area contributed by atoms with Crippen LogP contribution in [0.4, 0.5) is 10.1 Å². The Labute approximate surface area is 70.4 Å². The van der Waals surface area contributed by atoms with Crippen molar-refractivity contribution in [3.63, 3.8) is 0 Å². The van der Waals surface area contributed by atoms with E-state index < -0.39 is 12.1 Å². The van der Waals surface area contributed by atoms with Crippen LogP contribution >= 0.6 is 0 Å². The van der Waals surface area contributed by atoms with Gasteiger partial charge in [-0.05, 0) is 19.1 Å². The molecule has 0 unspecified atom stereocenters. The van der Waals surface area contributed by atoms with Crippen molar-refractivity contribution in [2.75, 3.05) is 5.32 Å². The van der Waals surface area contributed by atoms with E-state index in [1.54, 1.807) is 24.3 Å². The zero-order valence-corrected chi connectivity index (χ0v) is 6.75. The van der Waals surface area contributed by atoms with E-state index in [0.717, 1.165) is 0 Å². The summed E-state index contributed by atoms with van der Waals surface area (Å²) in [6, 6.07) is 8.80. The van der Waals surface area contributed by atoms with Crippen molar-refractivity contribution >= 4 is 11.6 Å². The number of para-hydroxylation sites is 1. The first kappa shape index (κ1) is 8.71. The fourth-order valence-corrected chi connectivity index (χ4v) is 0.763. The maximum absolute atomic E-state index is 12.4. The molecule has 1 amide bonds. The second kappa shape index (κ2) is 3.85. The molecule has 12 heavy (non-hydrogen) atoms. The molecule has 0 radical (unpaired) electrons. The van der Waals surface area contributed by atoms with Gasteiger partial charge in [0.25, 0.3) is 5.91 Å². The predicted octanol–water partition coefficient (Wildman–Crippen LogP) is 1.98. The lowest BCUT2D eigenvalue weighted by Gasteiger charge is -2.04. The van der Waals surface area contributed by atoms with E-state index in [2.05, 4.69) is 5.32 Å². The van der Waals surface area contributed by atoms with Gasteiger partial charge in [0.05, 0.1) is 0 Å². The summed E-state index contributed by atoms with van der Waals surface area (Å²) in [5.74, 6) is -0.610. The minimum absolute atomic E-state index is 0.610. The SMILES string of the molecule is C[C@H](F)C(=O)Nc1ccccc1. The standard InChI is InChI=1S/C9H10FNO/c1-7(10)9(12)11-8-5-3-2-4-6-8/h2-7H,1H3,(H,11,12)/t7-/m0/s1. The first-order valence-corrected chi connectivity index (χ1v) is 3.70. The van der Waals surface area contributed by atoms with Crippen LogP contribution in [-0.4, -0.2) is 12.1 Å². The van der Waals surface area contributed by atoms with Gasteiger partial charge in [-0.3, -0.25) is 4.79 Å². The first-order valence-electron chi connectivity index (χ1n) is 3.70. The van der Waals surface area contributed by atoms with Crippen molar-refractivity contribution in [1.29, 1.82) is 0 Å². The van der Waals surface area contributed by atoms with Crippen LogP contribution in [0.5, 0.6) is 0 Å². The van der Waals surface area contributed by atoms with Crippen molar-refractivity contribution in [2.45, 2.75) is 13.1 Å². The molecule has 3 heteroatoms. The summed E-state index contributed by atoms with van der Waals surface area (Å²) < 4.78 is 12.4. The molecule has 0 bridgehead atoms. The summed E-state index contributed by atoms with van der Waals surface area (Å²) in [5, 5.41) is 2.43. The lowest BCUT2D eigenvalue weighted by molar-refractivity contribution is -0.120. The number of hydrogen-bond acceptors (Lipinski definition) is 1. The number of carbonyl (C=O) groups is 1. The molecule has 1 N–H and O–H groups in total. The van der Waals surface area contributed by atoms with Gasteiger partial charge in [-0.2, -0.15) is 0 Å². The van der Waals surface area contributed by atoms with Gasteiger partial charge in [-0.15, -0.1) is 0 Å². The van der Waals surface area contributed by atoms with Gasteiger partial charge in [0.2, 0.25) is 0 Å². The maximum Gasteiger partial charge on any atom is 0.258 e. The van der Waals surface area contributed by atoms with Gasteiger partial charge < -0.3 is 5.32 Å². The maximum atomic E-state index is 12.4. The van der Waals surface area contributed by atoms with E-state index in [9.17, 15) is 9.18 Å². The van der Waals surface area contributed by atoms with Gasteiger partial charge >= 0.3 is 0 Å². The summed E-state index contributed by atoms with van der Waals surface area (Å²) in [5.41, 5.74) is 0.618. The molecule has 2 nitrogen and oxygen atoms in total. The summed E-state index contributed by atoms with van der Waals surface area (Å²) in [6.07, 6.45) is -1.47. The van der Waals surface area contributed by atoms with Crippen LogP contribution in [0.25, 0.3) is 0 Å². The fraction of sp³-hybridized carbons (Fsp3) is 0.222. The Morgan fingerprint density at radius 2 is 2.00 bits per heavy atom. The molecule has 0 saturated heterocycles. The lowest BCUT2D eigenvalue weighted by atomic mass is 10.3. The summed E-state index contributed by atoms with van der Waals surface area (Å²) in [6.45, 7) is 1.21. The molecule has 0 heterocycles. The molecule has 1 aromatic rings. The number of rotatable bonds is 2. The second-order valence-electron chi connectivity index (χ2n) is 2.47. The number of nitrogens with one attached hydrogen (secondary N) is 1. The van der Waals surface area contributed by atoms with E-state index >= 15 is 0 Å². The van der Waals surface area contributed by atoms with Crippen LogP contribution in [0.3, 0.4) is 0 Å². The number of anilines is 1. The Hall–Kier alpha value is -1.38. The highest BCUT2D eigenvalue weighted by molar-refractivity contribution is 5.93. The average molecular weight is 167 g/mol. The molecular formula is C9H10FNO. The van der Waals surface area contributed by atoms with E-state index in [-0.39, 0.29) is 0 Å². The molecule has 0 fully saturated rings. The number of amides is 1. The lowest BCUT2D eigenvalue weighted by Crippen LogP contribution is -2.20. The Balaban J connectivity index is 2.59. The summed E-state index contributed by atoms with van der Waals surface area (Å²) in [7, 11) is 0. The highest BCUT2D eigenvalue weighted by atomic mass is 19.1. The predicted molar refractivity (Wildman–Crippen MR) is 45.6 cm³/mol. The second-order valence-corrected chi connectivity index (χ2v) is 2.47. The molecule has 64 valence electrons. The molecule has 0 aromatic heterocycles. The number of benzene rings is 1. The molecule has 0 aliphatic rings. The van der Waals surface area contributed by atoms with Crippen LogP contribution in [-0.2, 0) is 4.79 Å². The van der Waals surface area contributed by atoms with Crippen LogP contribution in [0.1, 0.15) is 6.92 Å². The minimum atomic E-state index is -1.47. The van der Waals surface area contributed by atoms with Crippen LogP contribution in [0.2, 0.25) is 0 Å². The molecule has 0 aliphatic heterocycles. The van der Waals surface area contributed by atoms with E-state index in [0.29, 0.717) is 5.69 Å². The van der Waals surface area contributed by atoms with Crippen LogP contribution in [0.15, 0.2) is 30.3 Å². The Morgan fingerprint density at radius 3 is 2.50 bits per heavy atom. The summed E-state index contributed by atoms with van der Waals surface area (Å²) in [4.78, 5) is 10.8. The van der Waals surface area contributed by atoms with Gasteiger partial charge in [0, 0.05) is 5.69 Å². The van der Waals surface area contributed by atoms with Crippen LogP contribution in [0, 0.1) is 0 Å². The van der Waals surface area contributed by atoms with Gasteiger partial charge in [0.1, 0.15) is 0 Å². The van der Waals surface area contributed by atoms with E-state index in [1.165, 1.54) is 6.92 Å². The zero-order valence-electron chi connectivity index (χ0n) is 6.75. The number of carbonyl (C=O) groups excluding carboxylic acids is 1. The zero-order chi connectivity index (χ0) is 8.97. The van der Waals surface area contributed by atoms with Gasteiger partial charge in [-0.25, -0.2) is 4.39 Å². The molecule has 1 atom stereocenters. The van der Waals surface area contributed by atoms with Crippen molar-refractivity contribution in [2.24, 2.45) is 0 Å². The van der Waals surface area contributed by atoms with E-state index in [1.807, 2.05) is 6.07 Å². The molecular weight excluding hydrogens is 157 g/mol. The van der Waals surface area contributed by atoms with Crippen molar-refractivity contribution in [1.82, 2.24) is 0 Å². The molecule has 0 spiro atoms. The fourth-order valence-electron chi connectivity index (χ4n) is 0.763. The monoisotopic (exact) mass is 167 g/mol. The topological polar surface area (TPSA) is 29.1 Å². The summed E-state index contributed by atoms with van der Waals surface area (Å²) >= 11 is 0. The largest absolute Gasteiger partial charge is 0.324 e. The van der Waals surface area contributed by atoms with E-state index in [4.69, 9.17) is 0 Å². The van der Waals surface area contributed by atoms with Crippen LogP contribution < -0.4 is 5.32 Å². The molecule has 1 rings (SSSR count). The third-order valence-electron chi connectivity index (χ3n) is 1.40. The normalized spacial score (nSPS) is 12.2. The van der Waals surface area contributed by atoms with Crippen molar-refractivity contribution in [3.8, 4) is 0 Å². The van der Waals surface area contributed by atoms with Crippen molar-refractivity contribution < 1.29 is 9.18 Å². The quantitative estimate of drug-likeness (QED) is 0.717. The van der Waals surface area contributed by atoms with Gasteiger partial charge in [-0.1, -0.05) is 18.2 Å². The molecule has 1 aromatic carbocycles. The minimum Gasteiger partial charge on any atom is -0.324 e. The highest BCUT2D eigenvalue weighted by Crippen LogP contribution is 2.05. The number of hydrogen-bond donors (Lipinski definition) is 1. The smallest absolute Gasteiger partial charge is 0.258 e. The molecule has 0 saturated carbocycles. The Morgan fingerprint density at radius 1 is 1.42 bits per heavy atom. The average Bonchev–Trinajstić information content (AvgIpc) is 2.06. The Kier molecular flexibility index (Phi) is 2.80. The number of halogens is 1. The third kappa shape index (κ3) is 2.34. The third-order valence-corrected chi connectivity index (χ3v) is 1.40. The Bertz CT molecular complexity index is 258. The first-order chi connectivity index (χ1) is 5.70. The highest BCUT2D eigenvalue weighted by Gasteiger charge is 2.09. The number of alkyl halides is 1.